The second-order valence-electron chi connectivity index (χ2n) is 9.08. The van der Waals surface area contributed by atoms with Crippen molar-refractivity contribution in [2.75, 3.05) is 40.3 Å². The number of carbonyl (C=O) groups excluding carboxylic acids is 2. The van der Waals surface area contributed by atoms with Crippen LogP contribution in [0.25, 0.3) is 0 Å². The summed E-state index contributed by atoms with van der Waals surface area (Å²) >= 11 is 0. The van der Waals surface area contributed by atoms with E-state index in [1.165, 1.54) is 4.90 Å². The largest absolute Gasteiger partial charge is 0.357 e. The topological polar surface area (TPSA) is 77.0 Å². The monoisotopic (exact) mass is 545 g/mol. The molecule has 2 bridgehead atoms. The lowest BCUT2D eigenvalue weighted by Gasteiger charge is -2.30. The van der Waals surface area contributed by atoms with Crippen molar-refractivity contribution in [1.29, 1.82) is 0 Å². The number of allylic oxidation sites excluding steroid dienone is 2. The molecule has 0 aromatic heterocycles. The van der Waals surface area contributed by atoms with Crippen molar-refractivity contribution in [3.05, 3.63) is 12.2 Å². The van der Waals surface area contributed by atoms with E-state index in [4.69, 9.17) is 4.99 Å². The van der Waals surface area contributed by atoms with E-state index in [9.17, 15) is 9.59 Å². The molecule has 7 nitrogen and oxygen atoms in total. The minimum Gasteiger partial charge on any atom is -0.357 e. The minimum absolute atomic E-state index is 0. The molecule has 2 amide bonds. The van der Waals surface area contributed by atoms with Crippen LogP contribution in [0.5, 0.6) is 0 Å². The van der Waals surface area contributed by atoms with E-state index < -0.39 is 0 Å². The van der Waals surface area contributed by atoms with Crippen LogP contribution in [0.15, 0.2) is 17.1 Å². The Morgan fingerprint density at radius 1 is 1.10 bits per heavy atom. The maximum absolute atomic E-state index is 12.8. The molecule has 0 aromatic rings. The molecule has 0 spiro atoms. The number of nitrogens with zero attached hydrogens (tertiary/aromatic N) is 3. The molecular weight excluding hydrogens is 505 g/mol. The molecular formula is C23H40IN5O2. The number of aliphatic imine (C=N–C) groups is 1. The third-order valence-electron chi connectivity index (χ3n) is 7.23. The SMILES string of the molecule is CCNC(=NCC(C(CC)CC)N(C)C)NCCN1C(=O)C2C3C=CC(C3)C2C1=O.I. The lowest BCUT2D eigenvalue weighted by Crippen LogP contribution is -2.45. The lowest BCUT2D eigenvalue weighted by molar-refractivity contribution is -0.140. The number of guanidine groups is 1. The van der Waals surface area contributed by atoms with E-state index in [0.717, 1.165) is 38.3 Å². The number of hydrogen-bond acceptors (Lipinski definition) is 4. The number of rotatable bonds is 10. The van der Waals surface area contributed by atoms with Crippen molar-refractivity contribution >= 4 is 41.8 Å². The highest BCUT2D eigenvalue weighted by atomic mass is 127. The molecule has 0 radical (unpaired) electrons. The Balaban J connectivity index is 0.00000341. The van der Waals surface area contributed by atoms with Crippen molar-refractivity contribution in [2.45, 2.75) is 46.1 Å². The van der Waals surface area contributed by atoms with Gasteiger partial charge in [0.1, 0.15) is 0 Å². The van der Waals surface area contributed by atoms with Crippen molar-refractivity contribution in [2.24, 2.45) is 34.6 Å². The van der Waals surface area contributed by atoms with Crippen LogP contribution in [0.2, 0.25) is 0 Å². The smallest absolute Gasteiger partial charge is 0.233 e. The van der Waals surface area contributed by atoms with E-state index >= 15 is 0 Å². The summed E-state index contributed by atoms with van der Waals surface area (Å²) in [6.07, 6.45) is 7.51. The van der Waals surface area contributed by atoms with Gasteiger partial charge in [0.15, 0.2) is 5.96 Å². The number of carbonyl (C=O) groups is 2. The van der Waals surface area contributed by atoms with Crippen molar-refractivity contribution in [1.82, 2.24) is 20.4 Å². The molecule has 8 heteroatoms. The zero-order valence-electron chi connectivity index (χ0n) is 19.6. The normalized spacial score (nSPS) is 27.8. The van der Waals surface area contributed by atoms with Gasteiger partial charge in [-0.3, -0.25) is 19.5 Å². The van der Waals surface area contributed by atoms with Gasteiger partial charge in [0.2, 0.25) is 11.8 Å². The van der Waals surface area contributed by atoms with E-state index in [1.54, 1.807) is 0 Å². The van der Waals surface area contributed by atoms with Crippen LogP contribution in [0.3, 0.4) is 0 Å². The van der Waals surface area contributed by atoms with E-state index in [-0.39, 0.29) is 59.5 Å². The summed E-state index contributed by atoms with van der Waals surface area (Å²) in [6, 6.07) is 0.388. The van der Waals surface area contributed by atoms with Crippen LogP contribution in [0, 0.1) is 29.6 Å². The molecule has 2 fully saturated rings. The molecule has 2 aliphatic carbocycles. The molecule has 3 aliphatic rings. The summed E-state index contributed by atoms with van der Waals surface area (Å²) in [6.45, 7) is 8.91. The Labute approximate surface area is 204 Å². The molecule has 1 heterocycles. The molecule has 2 N–H and O–H groups in total. The predicted molar refractivity (Wildman–Crippen MR) is 135 cm³/mol. The van der Waals surface area contributed by atoms with Gasteiger partial charge < -0.3 is 15.5 Å². The number of amides is 2. The first-order valence-electron chi connectivity index (χ1n) is 11.6. The van der Waals surface area contributed by atoms with Gasteiger partial charge in [-0.1, -0.05) is 38.8 Å². The molecule has 5 unspecified atom stereocenters. The molecule has 0 aromatic carbocycles. The number of halogens is 1. The molecule has 1 aliphatic heterocycles. The quantitative estimate of drug-likeness (QED) is 0.145. The summed E-state index contributed by atoms with van der Waals surface area (Å²) in [5.74, 6) is 1.69. The van der Waals surface area contributed by atoms with Gasteiger partial charge in [0, 0.05) is 25.7 Å². The van der Waals surface area contributed by atoms with Crippen molar-refractivity contribution in [3.8, 4) is 0 Å². The van der Waals surface area contributed by atoms with Gasteiger partial charge in [0.25, 0.3) is 0 Å². The van der Waals surface area contributed by atoms with Crippen molar-refractivity contribution in [3.63, 3.8) is 0 Å². The Kier molecular flexibility index (Phi) is 9.79. The predicted octanol–water partition coefficient (Wildman–Crippen LogP) is 2.33. The molecule has 5 atom stereocenters. The van der Waals surface area contributed by atoms with Gasteiger partial charge >= 0.3 is 0 Å². The Morgan fingerprint density at radius 2 is 1.68 bits per heavy atom. The van der Waals surface area contributed by atoms with Gasteiger partial charge in [-0.2, -0.15) is 0 Å². The molecule has 3 rings (SSSR count). The van der Waals surface area contributed by atoms with Gasteiger partial charge in [-0.25, -0.2) is 0 Å². The lowest BCUT2D eigenvalue weighted by atomic mass is 9.85. The fraction of sp³-hybridized carbons (Fsp3) is 0.783. The van der Waals surface area contributed by atoms with Crippen LogP contribution in [0.4, 0.5) is 0 Å². The summed E-state index contributed by atoms with van der Waals surface area (Å²) < 4.78 is 0. The Bertz CT molecular complexity index is 661. The number of nitrogens with one attached hydrogen (secondary N) is 2. The molecule has 1 saturated heterocycles. The minimum atomic E-state index is -0.115. The van der Waals surface area contributed by atoms with Crippen LogP contribution in [-0.2, 0) is 9.59 Å². The number of fused-ring (bicyclic) bond motifs is 5. The van der Waals surface area contributed by atoms with E-state index in [2.05, 4.69) is 55.6 Å². The summed E-state index contributed by atoms with van der Waals surface area (Å²) in [7, 11) is 4.23. The number of likely N-dealkylation sites (N-methyl/N-ethyl adjacent to an activating group) is 1. The maximum atomic E-state index is 12.8. The molecule has 31 heavy (non-hydrogen) atoms. The van der Waals surface area contributed by atoms with Gasteiger partial charge in [-0.05, 0) is 45.2 Å². The first-order chi connectivity index (χ1) is 14.4. The fourth-order valence-electron chi connectivity index (χ4n) is 5.56. The van der Waals surface area contributed by atoms with E-state index in [1.807, 2.05) is 6.92 Å². The summed E-state index contributed by atoms with van der Waals surface area (Å²) in [4.78, 5) is 34.2. The van der Waals surface area contributed by atoms with Gasteiger partial charge in [-0.15, -0.1) is 24.0 Å². The fourth-order valence-corrected chi connectivity index (χ4v) is 5.56. The highest BCUT2D eigenvalue weighted by Crippen LogP contribution is 2.52. The van der Waals surface area contributed by atoms with E-state index in [0.29, 0.717) is 25.0 Å². The third kappa shape index (κ3) is 5.43. The Morgan fingerprint density at radius 3 is 2.16 bits per heavy atom. The van der Waals surface area contributed by atoms with Crippen molar-refractivity contribution < 1.29 is 9.59 Å². The zero-order chi connectivity index (χ0) is 21.8. The van der Waals surface area contributed by atoms with Crippen LogP contribution in [-0.4, -0.2) is 73.9 Å². The zero-order valence-corrected chi connectivity index (χ0v) is 22.0. The van der Waals surface area contributed by atoms with Gasteiger partial charge in [0.05, 0.1) is 18.4 Å². The second-order valence-corrected chi connectivity index (χ2v) is 9.08. The standard InChI is InChI=1S/C23H39N5O2.HI/c1-6-15(7-2)18(27(4)5)14-26-23(24-8-3)25-11-12-28-21(29)19-16-9-10-17(13-16)20(19)22(28)30;/h9-10,15-20H,6-8,11-14H2,1-5H3,(H2,24,25,26);1H. The average Bonchev–Trinajstić information content (AvgIpc) is 3.40. The summed E-state index contributed by atoms with van der Waals surface area (Å²) in [5, 5.41) is 6.61. The highest BCUT2D eigenvalue weighted by Gasteiger charge is 2.58. The molecule has 176 valence electrons. The first-order valence-corrected chi connectivity index (χ1v) is 11.6. The third-order valence-corrected chi connectivity index (χ3v) is 7.23. The number of hydrogen-bond donors (Lipinski definition) is 2. The molecule has 1 saturated carbocycles. The number of imide groups is 1. The van der Waals surface area contributed by atoms with Crippen LogP contribution < -0.4 is 10.6 Å². The Hall–Kier alpha value is -1.16. The highest BCUT2D eigenvalue weighted by molar-refractivity contribution is 14.0. The maximum Gasteiger partial charge on any atom is 0.233 e. The van der Waals surface area contributed by atoms with Crippen LogP contribution >= 0.6 is 24.0 Å². The second kappa shape index (κ2) is 11.6. The number of likely N-dealkylation sites (tertiary alicyclic amines) is 1. The first kappa shape index (κ1) is 26.1. The summed E-state index contributed by atoms with van der Waals surface area (Å²) in [5.41, 5.74) is 0. The van der Waals surface area contributed by atoms with Crippen LogP contribution in [0.1, 0.15) is 40.0 Å². The average molecular weight is 546 g/mol.